The van der Waals surface area contributed by atoms with Crippen LogP contribution in [0.4, 0.5) is 0 Å². The molecular formula is C23H34I2O2Si2. The van der Waals surface area contributed by atoms with Crippen LogP contribution in [0, 0.1) is 21.0 Å². The van der Waals surface area contributed by atoms with Gasteiger partial charge in [0, 0.05) is 6.42 Å². The van der Waals surface area contributed by atoms with Gasteiger partial charge in [0.2, 0.25) is 0 Å². The molecule has 0 aliphatic heterocycles. The fraction of sp³-hybridized carbons (Fsp3) is 0.478. The number of ether oxygens (including phenoxy) is 2. The summed E-state index contributed by atoms with van der Waals surface area (Å²) < 4.78 is 14.7. The lowest BCUT2D eigenvalue weighted by atomic mass is 10.2. The molecule has 6 heteroatoms. The first-order chi connectivity index (χ1) is 13.3. The standard InChI is InChI=1S/C23H34I2O2Si2/c1-16-12-18(28(3,4)5)14-20(24)22(16)26-10-9-11-27-23-17(2)13-19(15-21(23)25)29(6,7)8/h12-15H,9-11H2,1-8H3. The Morgan fingerprint density at radius 2 is 1.00 bits per heavy atom. The molecule has 2 aromatic rings. The summed E-state index contributed by atoms with van der Waals surface area (Å²) in [5.41, 5.74) is 2.48. The largest absolute Gasteiger partial charge is 0.492 e. The van der Waals surface area contributed by atoms with Gasteiger partial charge in [0.25, 0.3) is 0 Å². The van der Waals surface area contributed by atoms with Crippen molar-refractivity contribution in [1.82, 2.24) is 0 Å². The maximum absolute atomic E-state index is 6.13. The molecule has 0 aliphatic carbocycles. The zero-order chi connectivity index (χ0) is 22.0. The number of rotatable bonds is 8. The van der Waals surface area contributed by atoms with Crippen molar-refractivity contribution in [3.63, 3.8) is 0 Å². The second-order valence-corrected chi connectivity index (χ2v) is 22.2. The van der Waals surface area contributed by atoms with Gasteiger partial charge < -0.3 is 9.47 Å². The average Bonchev–Trinajstić information content (AvgIpc) is 2.56. The molecule has 0 saturated heterocycles. The van der Waals surface area contributed by atoms with Gasteiger partial charge in [0.1, 0.15) is 11.5 Å². The third-order valence-corrected chi connectivity index (χ3v) is 10.6. The van der Waals surface area contributed by atoms with Crippen molar-refractivity contribution in [2.75, 3.05) is 13.2 Å². The van der Waals surface area contributed by atoms with Gasteiger partial charge in [-0.15, -0.1) is 0 Å². The van der Waals surface area contributed by atoms with Crippen LogP contribution in [-0.2, 0) is 0 Å². The third-order valence-electron chi connectivity index (χ3n) is 4.97. The number of hydrogen-bond donors (Lipinski definition) is 0. The molecule has 0 N–H and O–H groups in total. The van der Waals surface area contributed by atoms with Crippen molar-refractivity contribution in [2.45, 2.75) is 59.6 Å². The van der Waals surface area contributed by atoms with E-state index in [0.29, 0.717) is 13.2 Å². The minimum Gasteiger partial charge on any atom is -0.492 e. The van der Waals surface area contributed by atoms with E-state index in [0.717, 1.165) is 17.9 Å². The van der Waals surface area contributed by atoms with Crippen LogP contribution in [0.2, 0.25) is 39.3 Å². The maximum atomic E-state index is 6.13. The Hall–Kier alpha value is -0.0662. The summed E-state index contributed by atoms with van der Waals surface area (Å²) in [7, 11) is -2.61. The number of halogens is 2. The van der Waals surface area contributed by atoms with E-state index in [2.05, 4.69) is 123 Å². The van der Waals surface area contributed by atoms with Gasteiger partial charge in [0.05, 0.1) is 36.5 Å². The summed E-state index contributed by atoms with van der Waals surface area (Å²) in [5, 5.41) is 2.98. The molecule has 0 heterocycles. The first kappa shape index (κ1) is 25.2. The summed E-state index contributed by atoms with van der Waals surface area (Å²) in [4.78, 5) is 0. The molecule has 2 rings (SSSR count). The highest BCUT2D eigenvalue weighted by Gasteiger charge is 2.20. The van der Waals surface area contributed by atoms with Crippen LogP contribution in [0.1, 0.15) is 17.5 Å². The van der Waals surface area contributed by atoms with Crippen LogP contribution in [0.25, 0.3) is 0 Å². The number of aryl methyl sites for hydroxylation is 2. The summed E-state index contributed by atoms with van der Waals surface area (Å²) >= 11 is 4.82. The van der Waals surface area contributed by atoms with E-state index in [1.165, 1.54) is 28.6 Å². The Bertz CT molecular complexity index is 751. The predicted molar refractivity (Wildman–Crippen MR) is 149 cm³/mol. The van der Waals surface area contributed by atoms with Gasteiger partial charge in [-0.1, -0.05) is 61.8 Å². The van der Waals surface area contributed by atoms with E-state index in [-0.39, 0.29) is 0 Å². The summed E-state index contributed by atoms with van der Waals surface area (Å²) in [6.07, 6.45) is 0.872. The molecule has 0 aliphatic rings. The molecule has 0 spiro atoms. The first-order valence-electron chi connectivity index (χ1n) is 10.2. The first-order valence-corrected chi connectivity index (χ1v) is 19.3. The van der Waals surface area contributed by atoms with Gasteiger partial charge in [-0.3, -0.25) is 0 Å². The second kappa shape index (κ2) is 10.0. The van der Waals surface area contributed by atoms with E-state index in [4.69, 9.17) is 9.47 Å². The van der Waals surface area contributed by atoms with Gasteiger partial charge in [-0.2, -0.15) is 0 Å². The minimum absolute atomic E-state index is 0.672. The lowest BCUT2D eigenvalue weighted by molar-refractivity contribution is 0.244. The highest BCUT2D eigenvalue weighted by atomic mass is 127. The van der Waals surface area contributed by atoms with E-state index in [1.807, 2.05) is 0 Å². The molecule has 0 radical (unpaired) electrons. The quantitative estimate of drug-likeness (QED) is 0.186. The topological polar surface area (TPSA) is 18.5 Å². The lowest BCUT2D eigenvalue weighted by Gasteiger charge is -2.21. The Kier molecular flexibility index (Phi) is 8.72. The molecule has 0 amide bonds. The van der Waals surface area contributed by atoms with Crippen molar-refractivity contribution < 1.29 is 9.47 Å². The minimum atomic E-state index is -1.31. The van der Waals surface area contributed by atoms with Crippen molar-refractivity contribution in [2.24, 2.45) is 0 Å². The Labute approximate surface area is 206 Å². The third kappa shape index (κ3) is 6.97. The fourth-order valence-electron chi connectivity index (χ4n) is 3.10. The summed E-state index contributed by atoms with van der Waals surface area (Å²) in [6.45, 7) is 20.0. The van der Waals surface area contributed by atoms with Crippen LogP contribution in [0.3, 0.4) is 0 Å². The maximum Gasteiger partial charge on any atom is 0.135 e. The van der Waals surface area contributed by atoms with Gasteiger partial charge in [0.15, 0.2) is 0 Å². The number of hydrogen-bond acceptors (Lipinski definition) is 2. The Morgan fingerprint density at radius 3 is 1.28 bits per heavy atom. The lowest BCUT2D eigenvalue weighted by Crippen LogP contribution is -2.38. The summed E-state index contributed by atoms with van der Waals surface area (Å²) in [6, 6.07) is 9.23. The summed E-state index contributed by atoms with van der Waals surface area (Å²) in [5.74, 6) is 2.05. The van der Waals surface area contributed by atoms with E-state index >= 15 is 0 Å². The SMILES string of the molecule is Cc1cc([Si](C)(C)C)cc(I)c1OCCCOc1c(C)cc([Si](C)(C)C)cc1I. The van der Waals surface area contributed by atoms with Gasteiger partial charge in [-0.05, 0) is 82.3 Å². The van der Waals surface area contributed by atoms with Crippen LogP contribution < -0.4 is 19.8 Å². The normalized spacial score (nSPS) is 12.2. The molecule has 160 valence electrons. The van der Waals surface area contributed by atoms with Crippen LogP contribution in [0.5, 0.6) is 11.5 Å². The highest BCUT2D eigenvalue weighted by Crippen LogP contribution is 2.27. The van der Waals surface area contributed by atoms with Crippen molar-refractivity contribution in [3.05, 3.63) is 42.5 Å². The van der Waals surface area contributed by atoms with Gasteiger partial charge >= 0.3 is 0 Å². The Balaban J connectivity index is 1.94. The zero-order valence-corrected chi connectivity index (χ0v) is 25.3. The van der Waals surface area contributed by atoms with Crippen LogP contribution in [0.15, 0.2) is 24.3 Å². The fourth-order valence-corrected chi connectivity index (χ4v) is 7.98. The van der Waals surface area contributed by atoms with E-state index in [1.54, 1.807) is 0 Å². The van der Waals surface area contributed by atoms with Crippen molar-refractivity contribution in [1.29, 1.82) is 0 Å². The van der Waals surface area contributed by atoms with Crippen LogP contribution in [-0.4, -0.2) is 29.4 Å². The Morgan fingerprint density at radius 1 is 0.655 bits per heavy atom. The number of benzene rings is 2. The highest BCUT2D eigenvalue weighted by molar-refractivity contribution is 14.1. The van der Waals surface area contributed by atoms with E-state index in [9.17, 15) is 0 Å². The van der Waals surface area contributed by atoms with Crippen molar-refractivity contribution >= 4 is 71.7 Å². The second-order valence-electron chi connectivity index (χ2n) is 9.76. The molecule has 29 heavy (non-hydrogen) atoms. The predicted octanol–water partition coefficient (Wildman–Crippen LogP) is 6.45. The average molecular weight is 653 g/mol. The molecule has 0 unspecified atom stereocenters. The molecule has 2 nitrogen and oxygen atoms in total. The molecule has 0 fully saturated rings. The molecule has 2 aromatic carbocycles. The molecule has 0 bridgehead atoms. The smallest absolute Gasteiger partial charge is 0.135 e. The molecular weight excluding hydrogens is 618 g/mol. The molecule has 0 atom stereocenters. The zero-order valence-electron chi connectivity index (χ0n) is 19.0. The van der Waals surface area contributed by atoms with E-state index < -0.39 is 16.1 Å². The van der Waals surface area contributed by atoms with Crippen molar-refractivity contribution in [3.8, 4) is 11.5 Å². The molecule has 0 saturated carbocycles. The van der Waals surface area contributed by atoms with Gasteiger partial charge in [-0.25, -0.2) is 0 Å². The van der Waals surface area contributed by atoms with Crippen LogP contribution >= 0.6 is 45.2 Å². The monoisotopic (exact) mass is 652 g/mol. The molecule has 0 aromatic heterocycles.